The molecule has 0 aliphatic carbocycles. The standard InChI is InChI=1S/C21H20FN3O3S2/c1-28-19-10-6-18(7-11-19)25-30(26,27)20-12-8-17(9-13-20)24-21(29)23-14-15-2-4-16(22)5-3-15/h2-13,25H,14H2,1H3,(H2,23,24,29). The minimum atomic E-state index is -3.73. The zero-order chi connectivity index (χ0) is 21.6. The molecule has 0 aliphatic rings. The molecule has 3 N–H and O–H groups in total. The van der Waals surface area contributed by atoms with Crippen molar-refractivity contribution in [2.24, 2.45) is 0 Å². The molecule has 156 valence electrons. The van der Waals surface area contributed by atoms with Crippen LogP contribution in [0.2, 0.25) is 0 Å². The second kappa shape index (κ2) is 9.55. The monoisotopic (exact) mass is 445 g/mol. The number of sulfonamides is 1. The van der Waals surface area contributed by atoms with Gasteiger partial charge in [0, 0.05) is 17.9 Å². The number of methoxy groups -OCH3 is 1. The summed E-state index contributed by atoms with van der Waals surface area (Å²) in [4.78, 5) is 0.119. The highest BCUT2D eigenvalue weighted by Gasteiger charge is 2.14. The summed E-state index contributed by atoms with van der Waals surface area (Å²) in [6.07, 6.45) is 0. The smallest absolute Gasteiger partial charge is 0.261 e. The van der Waals surface area contributed by atoms with Gasteiger partial charge in [0.15, 0.2) is 5.11 Å². The lowest BCUT2D eigenvalue weighted by Crippen LogP contribution is -2.27. The molecule has 0 fully saturated rings. The van der Waals surface area contributed by atoms with Gasteiger partial charge in [-0.25, -0.2) is 12.8 Å². The molecule has 9 heteroatoms. The van der Waals surface area contributed by atoms with Gasteiger partial charge in [-0.3, -0.25) is 4.72 Å². The molecule has 0 aliphatic heterocycles. The second-order valence-electron chi connectivity index (χ2n) is 6.29. The van der Waals surface area contributed by atoms with Crippen LogP contribution in [0.3, 0.4) is 0 Å². The van der Waals surface area contributed by atoms with Crippen LogP contribution in [0, 0.1) is 5.82 Å². The number of halogens is 1. The predicted molar refractivity (Wildman–Crippen MR) is 120 cm³/mol. The van der Waals surface area contributed by atoms with Crippen molar-refractivity contribution in [2.45, 2.75) is 11.4 Å². The molecule has 0 saturated heterocycles. The summed E-state index contributed by atoms with van der Waals surface area (Å²) >= 11 is 5.24. The number of anilines is 2. The molecule has 0 atom stereocenters. The molecule has 0 saturated carbocycles. The van der Waals surface area contributed by atoms with E-state index in [0.29, 0.717) is 28.8 Å². The Balaban J connectivity index is 1.57. The van der Waals surface area contributed by atoms with Crippen molar-refractivity contribution < 1.29 is 17.5 Å². The highest BCUT2D eigenvalue weighted by atomic mass is 32.2. The minimum Gasteiger partial charge on any atom is -0.497 e. The number of benzene rings is 3. The number of hydrogen-bond acceptors (Lipinski definition) is 4. The third-order valence-corrected chi connectivity index (χ3v) is 5.77. The average molecular weight is 446 g/mol. The van der Waals surface area contributed by atoms with E-state index in [9.17, 15) is 12.8 Å². The van der Waals surface area contributed by atoms with Crippen LogP contribution in [0.15, 0.2) is 77.7 Å². The summed E-state index contributed by atoms with van der Waals surface area (Å²) in [5.74, 6) is 0.341. The molecule has 0 spiro atoms. The molecule has 0 unspecified atom stereocenters. The van der Waals surface area contributed by atoms with Gasteiger partial charge in [-0.2, -0.15) is 0 Å². The Morgan fingerprint density at radius 2 is 1.53 bits per heavy atom. The molecule has 3 aromatic carbocycles. The third-order valence-electron chi connectivity index (χ3n) is 4.13. The number of hydrogen-bond donors (Lipinski definition) is 3. The molecular formula is C21H20FN3O3S2. The average Bonchev–Trinajstić information content (AvgIpc) is 2.74. The van der Waals surface area contributed by atoms with Gasteiger partial charge in [0.1, 0.15) is 11.6 Å². The fourth-order valence-electron chi connectivity index (χ4n) is 2.55. The molecule has 0 aromatic heterocycles. The lowest BCUT2D eigenvalue weighted by atomic mass is 10.2. The number of ether oxygens (including phenoxy) is 1. The van der Waals surface area contributed by atoms with Crippen LogP contribution in [-0.2, 0) is 16.6 Å². The molecule has 6 nitrogen and oxygen atoms in total. The van der Waals surface area contributed by atoms with Gasteiger partial charge in [-0.1, -0.05) is 12.1 Å². The van der Waals surface area contributed by atoms with Gasteiger partial charge in [-0.05, 0) is 78.4 Å². The first-order valence-electron chi connectivity index (χ1n) is 8.92. The fourth-order valence-corrected chi connectivity index (χ4v) is 3.80. The largest absolute Gasteiger partial charge is 0.497 e. The van der Waals surface area contributed by atoms with Crippen molar-refractivity contribution in [3.63, 3.8) is 0 Å². The van der Waals surface area contributed by atoms with Crippen LogP contribution in [-0.4, -0.2) is 20.6 Å². The number of rotatable bonds is 7. The summed E-state index contributed by atoms with van der Waals surface area (Å²) in [5, 5.41) is 6.36. The normalized spacial score (nSPS) is 10.9. The van der Waals surface area contributed by atoms with E-state index in [1.807, 2.05) is 0 Å². The summed E-state index contributed by atoms with van der Waals surface area (Å²) in [6, 6.07) is 18.9. The van der Waals surface area contributed by atoms with Crippen molar-refractivity contribution in [1.29, 1.82) is 0 Å². The maximum absolute atomic E-state index is 12.9. The Morgan fingerprint density at radius 3 is 2.13 bits per heavy atom. The van der Waals surface area contributed by atoms with Crippen molar-refractivity contribution in [3.8, 4) is 5.75 Å². The number of nitrogens with one attached hydrogen (secondary N) is 3. The number of thiocarbonyl (C=S) groups is 1. The van der Waals surface area contributed by atoms with E-state index in [-0.39, 0.29) is 10.7 Å². The Morgan fingerprint density at radius 1 is 0.933 bits per heavy atom. The minimum absolute atomic E-state index is 0.119. The zero-order valence-corrected chi connectivity index (χ0v) is 17.7. The van der Waals surface area contributed by atoms with Gasteiger partial charge in [-0.15, -0.1) is 0 Å². The van der Waals surface area contributed by atoms with Crippen molar-refractivity contribution in [2.75, 3.05) is 17.1 Å². The van der Waals surface area contributed by atoms with E-state index in [1.54, 1.807) is 55.6 Å². The Hall–Kier alpha value is -3.17. The third kappa shape index (κ3) is 5.91. The van der Waals surface area contributed by atoms with Crippen LogP contribution in [0.1, 0.15) is 5.56 Å². The molecular weight excluding hydrogens is 425 g/mol. The van der Waals surface area contributed by atoms with Gasteiger partial charge >= 0.3 is 0 Å². The van der Waals surface area contributed by atoms with Gasteiger partial charge in [0.05, 0.1) is 12.0 Å². The van der Waals surface area contributed by atoms with Gasteiger partial charge in [0.2, 0.25) is 0 Å². The highest BCUT2D eigenvalue weighted by Crippen LogP contribution is 2.20. The lowest BCUT2D eigenvalue weighted by molar-refractivity contribution is 0.415. The lowest BCUT2D eigenvalue weighted by Gasteiger charge is -2.12. The van der Waals surface area contributed by atoms with E-state index in [4.69, 9.17) is 17.0 Å². The van der Waals surface area contributed by atoms with Crippen LogP contribution in [0.4, 0.5) is 15.8 Å². The van der Waals surface area contributed by atoms with Crippen molar-refractivity contribution in [3.05, 3.63) is 84.2 Å². The molecule has 0 bridgehead atoms. The summed E-state index contributed by atoms with van der Waals surface area (Å²) < 4.78 is 45.6. The zero-order valence-electron chi connectivity index (χ0n) is 16.1. The Bertz CT molecular complexity index is 1100. The first-order chi connectivity index (χ1) is 14.4. The maximum atomic E-state index is 12.9. The first kappa shape index (κ1) is 21.5. The van der Waals surface area contributed by atoms with Crippen molar-refractivity contribution >= 4 is 38.7 Å². The molecule has 0 radical (unpaired) electrons. The summed E-state index contributed by atoms with van der Waals surface area (Å²) in [6.45, 7) is 0.435. The van der Waals surface area contributed by atoms with Crippen LogP contribution < -0.4 is 20.1 Å². The fraction of sp³-hybridized carbons (Fsp3) is 0.0952. The van der Waals surface area contributed by atoms with E-state index in [0.717, 1.165) is 5.56 Å². The molecule has 3 aromatic rings. The van der Waals surface area contributed by atoms with E-state index in [2.05, 4.69) is 15.4 Å². The van der Waals surface area contributed by atoms with Crippen LogP contribution in [0.25, 0.3) is 0 Å². The van der Waals surface area contributed by atoms with Crippen LogP contribution in [0.5, 0.6) is 5.75 Å². The molecule has 0 amide bonds. The first-order valence-corrected chi connectivity index (χ1v) is 10.8. The van der Waals surface area contributed by atoms with Crippen molar-refractivity contribution in [1.82, 2.24) is 5.32 Å². The van der Waals surface area contributed by atoms with Gasteiger partial charge in [0.25, 0.3) is 10.0 Å². The predicted octanol–water partition coefficient (Wildman–Crippen LogP) is 4.12. The Kier molecular flexibility index (Phi) is 6.86. The molecule has 30 heavy (non-hydrogen) atoms. The summed E-state index contributed by atoms with van der Waals surface area (Å²) in [5.41, 5.74) is 1.95. The maximum Gasteiger partial charge on any atom is 0.261 e. The Labute approximate surface area is 180 Å². The molecule has 3 rings (SSSR count). The van der Waals surface area contributed by atoms with Crippen LogP contribution >= 0.6 is 12.2 Å². The highest BCUT2D eigenvalue weighted by molar-refractivity contribution is 7.92. The SMILES string of the molecule is COc1ccc(NS(=O)(=O)c2ccc(NC(=S)NCc3ccc(F)cc3)cc2)cc1. The second-order valence-corrected chi connectivity index (χ2v) is 8.38. The summed E-state index contributed by atoms with van der Waals surface area (Å²) in [7, 11) is -2.19. The van der Waals surface area contributed by atoms with E-state index in [1.165, 1.54) is 24.3 Å². The van der Waals surface area contributed by atoms with E-state index < -0.39 is 10.0 Å². The topological polar surface area (TPSA) is 79.5 Å². The van der Waals surface area contributed by atoms with E-state index >= 15 is 0 Å². The van der Waals surface area contributed by atoms with Gasteiger partial charge < -0.3 is 15.4 Å². The quantitative estimate of drug-likeness (QED) is 0.475. The molecule has 0 heterocycles.